The van der Waals surface area contributed by atoms with E-state index in [1.54, 1.807) is 49.6 Å². The largest absolute Gasteiger partial charge is 0.506 e. The number of aromatic nitrogens is 3. The minimum Gasteiger partial charge on any atom is -0.506 e. The Balaban J connectivity index is 1.38. The number of methoxy groups -OCH3 is 1. The van der Waals surface area contributed by atoms with Crippen LogP contribution in [0.15, 0.2) is 66.7 Å². The van der Waals surface area contributed by atoms with Crippen molar-refractivity contribution in [1.82, 2.24) is 15.0 Å². The van der Waals surface area contributed by atoms with E-state index in [0.717, 1.165) is 16.9 Å². The summed E-state index contributed by atoms with van der Waals surface area (Å²) in [5, 5.41) is 19.6. The number of carbonyl (C=O) groups excluding carboxylic acids is 1. The van der Waals surface area contributed by atoms with E-state index in [1.807, 2.05) is 24.3 Å². The van der Waals surface area contributed by atoms with Gasteiger partial charge in [0.25, 0.3) is 0 Å². The normalized spacial score (nSPS) is 11.2. The van der Waals surface area contributed by atoms with Gasteiger partial charge in [0.2, 0.25) is 0 Å². The third-order valence-electron chi connectivity index (χ3n) is 4.76. The Morgan fingerprint density at radius 1 is 1.06 bits per heavy atom. The van der Waals surface area contributed by atoms with E-state index >= 15 is 0 Å². The van der Waals surface area contributed by atoms with Crippen LogP contribution in [0.1, 0.15) is 11.1 Å². The van der Waals surface area contributed by atoms with Crippen LogP contribution >= 0.6 is 11.6 Å². The summed E-state index contributed by atoms with van der Waals surface area (Å²) in [7, 11) is 1.60. The molecule has 0 atom stereocenters. The Labute approximate surface area is 189 Å². The molecule has 4 aromatic rings. The molecule has 0 amide bonds. The summed E-state index contributed by atoms with van der Waals surface area (Å²) >= 11 is 6.00. The average Bonchev–Trinajstić information content (AvgIpc) is 3.22. The molecule has 32 heavy (non-hydrogen) atoms. The number of hydrogen-bond acceptors (Lipinski definition) is 6. The summed E-state index contributed by atoms with van der Waals surface area (Å²) in [4.78, 5) is 13.4. The molecule has 0 saturated carbocycles. The summed E-state index contributed by atoms with van der Waals surface area (Å²) in [6, 6.07) is 17.6. The van der Waals surface area contributed by atoms with Crippen molar-refractivity contribution >= 4 is 34.7 Å². The van der Waals surface area contributed by atoms with Crippen LogP contribution in [0.3, 0.4) is 0 Å². The lowest BCUT2D eigenvalue weighted by Gasteiger charge is -2.07. The van der Waals surface area contributed by atoms with E-state index in [1.165, 1.54) is 10.9 Å². The van der Waals surface area contributed by atoms with Gasteiger partial charge in [-0.15, -0.1) is 15.0 Å². The third kappa shape index (κ3) is 5.07. The van der Waals surface area contributed by atoms with Gasteiger partial charge in [0, 0.05) is 17.5 Å². The lowest BCUT2D eigenvalue weighted by molar-refractivity contribution is -0.137. The number of carbonyl (C=O) groups is 1. The summed E-state index contributed by atoms with van der Waals surface area (Å²) in [5.41, 5.74) is 3.45. The van der Waals surface area contributed by atoms with Crippen LogP contribution in [0, 0.1) is 0 Å². The van der Waals surface area contributed by atoms with Gasteiger partial charge in [-0.05, 0) is 59.7 Å². The fourth-order valence-electron chi connectivity index (χ4n) is 3.08. The lowest BCUT2D eigenvalue weighted by atomic mass is 10.1. The van der Waals surface area contributed by atoms with E-state index in [0.29, 0.717) is 28.2 Å². The van der Waals surface area contributed by atoms with Gasteiger partial charge in [-0.2, -0.15) is 0 Å². The van der Waals surface area contributed by atoms with E-state index in [4.69, 9.17) is 21.1 Å². The van der Waals surface area contributed by atoms with Gasteiger partial charge in [-0.3, -0.25) is 0 Å². The topological polar surface area (TPSA) is 86.5 Å². The molecule has 162 valence electrons. The summed E-state index contributed by atoms with van der Waals surface area (Å²) < 4.78 is 10.4. The van der Waals surface area contributed by atoms with Crippen molar-refractivity contribution in [3.63, 3.8) is 0 Å². The number of benzene rings is 3. The quantitative estimate of drug-likeness (QED) is 0.328. The first kappa shape index (κ1) is 21.4. The average molecular weight is 450 g/mol. The Hall–Kier alpha value is -3.84. The second kappa shape index (κ2) is 9.53. The molecular weight excluding hydrogens is 430 g/mol. The maximum atomic E-state index is 12.0. The maximum Gasteiger partial charge on any atom is 0.330 e. The molecule has 0 aliphatic heterocycles. The summed E-state index contributed by atoms with van der Waals surface area (Å²) in [6.45, 7) is 0.195. The third-order valence-corrected chi connectivity index (χ3v) is 5.00. The van der Waals surface area contributed by atoms with Crippen LogP contribution in [0.2, 0.25) is 5.02 Å². The number of phenolic OH excluding ortho intramolecular Hbond substituents is 1. The molecule has 4 rings (SSSR count). The number of hydrogen-bond donors (Lipinski definition) is 1. The van der Waals surface area contributed by atoms with Crippen LogP contribution in [0.4, 0.5) is 0 Å². The number of rotatable bonds is 7. The Morgan fingerprint density at radius 2 is 1.84 bits per heavy atom. The van der Waals surface area contributed by atoms with E-state index in [-0.39, 0.29) is 12.4 Å². The molecule has 1 N–H and O–H groups in total. The molecule has 7 nitrogen and oxygen atoms in total. The summed E-state index contributed by atoms with van der Waals surface area (Å²) in [6.07, 6.45) is 3.54. The van der Waals surface area contributed by atoms with Crippen molar-refractivity contribution in [3.8, 4) is 17.2 Å². The zero-order chi connectivity index (χ0) is 22.5. The van der Waals surface area contributed by atoms with Crippen molar-refractivity contribution in [2.45, 2.75) is 6.42 Å². The summed E-state index contributed by atoms with van der Waals surface area (Å²) in [5.74, 6) is 0.358. The molecule has 0 fully saturated rings. The number of nitrogens with zero attached hydrogens (tertiary/aromatic N) is 3. The van der Waals surface area contributed by atoms with Crippen molar-refractivity contribution in [2.75, 3.05) is 13.7 Å². The zero-order valence-electron chi connectivity index (χ0n) is 17.2. The Bertz CT molecular complexity index is 1280. The minimum atomic E-state index is -0.434. The van der Waals surface area contributed by atoms with Crippen molar-refractivity contribution < 1.29 is 19.4 Å². The Kier molecular flexibility index (Phi) is 6.37. The predicted octanol–water partition coefficient (Wildman–Crippen LogP) is 4.59. The molecule has 0 aliphatic rings. The molecule has 3 aromatic carbocycles. The minimum absolute atomic E-state index is 0.0413. The van der Waals surface area contributed by atoms with Gasteiger partial charge < -0.3 is 14.6 Å². The second-order valence-corrected chi connectivity index (χ2v) is 7.41. The standard InChI is InChI=1S/C24H20ClN3O4/c1-31-19-7-2-16(3-8-19)5-11-24(30)32-13-12-17-4-10-23(29)22(14-17)28-26-20-9-6-18(25)15-21(20)27-28/h2-11,14-15,29H,12-13H2,1H3. The number of phenols is 1. The fourth-order valence-corrected chi connectivity index (χ4v) is 3.24. The van der Waals surface area contributed by atoms with Gasteiger partial charge in [0.05, 0.1) is 13.7 Å². The van der Waals surface area contributed by atoms with Gasteiger partial charge in [0.1, 0.15) is 28.2 Å². The van der Waals surface area contributed by atoms with Crippen LogP contribution in [-0.2, 0) is 16.0 Å². The van der Waals surface area contributed by atoms with Crippen molar-refractivity contribution in [3.05, 3.63) is 82.9 Å². The Morgan fingerprint density at radius 3 is 2.62 bits per heavy atom. The van der Waals surface area contributed by atoms with Crippen molar-refractivity contribution in [1.29, 1.82) is 0 Å². The molecule has 1 heterocycles. The first-order chi connectivity index (χ1) is 15.5. The SMILES string of the molecule is COc1ccc(C=CC(=O)OCCc2ccc(O)c(-n3nc4ccc(Cl)cc4n3)c2)cc1. The van der Waals surface area contributed by atoms with Gasteiger partial charge in [0.15, 0.2) is 0 Å². The predicted molar refractivity (Wildman–Crippen MR) is 122 cm³/mol. The van der Waals surface area contributed by atoms with E-state index < -0.39 is 5.97 Å². The first-order valence-electron chi connectivity index (χ1n) is 9.85. The molecule has 1 aromatic heterocycles. The molecular formula is C24H20ClN3O4. The van der Waals surface area contributed by atoms with Gasteiger partial charge in [-0.25, -0.2) is 4.79 Å². The molecule has 0 saturated heterocycles. The number of fused-ring (bicyclic) bond motifs is 1. The van der Waals surface area contributed by atoms with Gasteiger partial charge >= 0.3 is 5.97 Å². The molecule has 0 aliphatic carbocycles. The lowest BCUT2D eigenvalue weighted by Crippen LogP contribution is -2.06. The van der Waals surface area contributed by atoms with Crippen LogP contribution in [0.25, 0.3) is 22.8 Å². The highest BCUT2D eigenvalue weighted by Crippen LogP contribution is 2.24. The highest BCUT2D eigenvalue weighted by Gasteiger charge is 2.11. The smallest absolute Gasteiger partial charge is 0.330 e. The maximum absolute atomic E-state index is 12.0. The van der Waals surface area contributed by atoms with Crippen molar-refractivity contribution in [2.24, 2.45) is 0 Å². The van der Waals surface area contributed by atoms with Crippen LogP contribution in [-0.4, -0.2) is 39.8 Å². The van der Waals surface area contributed by atoms with E-state index in [2.05, 4.69) is 10.2 Å². The zero-order valence-corrected chi connectivity index (χ0v) is 18.0. The van der Waals surface area contributed by atoms with Crippen LogP contribution in [0.5, 0.6) is 11.5 Å². The highest BCUT2D eigenvalue weighted by atomic mass is 35.5. The second-order valence-electron chi connectivity index (χ2n) is 6.97. The molecule has 0 spiro atoms. The molecule has 0 radical (unpaired) electrons. The van der Waals surface area contributed by atoms with E-state index in [9.17, 15) is 9.90 Å². The molecule has 8 heteroatoms. The monoisotopic (exact) mass is 449 g/mol. The number of aromatic hydroxyl groups is 1. The number of esters is 1. The fraction of sp³-hybridized carbons (Fsp3) is 0.125. The van der Waals surface area contributed by atoms with Gasteiger partial charge in [-0.1, -0.05) is 29.8 Å². The van der Waals surface area contributed by atoms with Crippen LogP contribution < -0.4 is 4.74 Å². The first-order valence-corrected chi connectivity index (χ1v) is 10.2. The molecule has 0 unspecified atom stereocenters. The molecule has 0 bridgehead atoms. The highest BCUT2D eigenvalue weighted by molar-refractivity contribution is 6.31. The number of halogens is 1. The number of ether oxygens (including phenoxy) is 2.